The van der Waals surface area contributed by atoms with Crippen molar-refractivity contribution < 1.29 is 13.2 Å². The van der Waals surface area contributed by atoms with Crippen LogP contribution in [0.25, 0.3) is 0 Å². The lowest BCUT2D eigenvalue weighted by Crippen LogP contribution is -2.22. The molecule has 0 saturated heterocycles. The summed E-state index contributed by atoms with van der Waals surface area (Å²) in [6.07, 6.45) is 0. The van der Waals surface area contributed by atoms with Gasteiger partial charge in [0.05, 0.1) is 5.56 Å². The van der Waals surface area contributed by atoms with Crippen LogP contribution < -0.4 is 10.5 Å². The minimum Gasteiger partial charge on any atom is -0.352 e. The van der Waals surface area contributed by atoms with Gasteiger partial charge in [-0.1, -0.05) is 0 Å². The molecular weight excluding hydrogens is 224 g/mol. The number of primary sulfonamides is 1. The zero-order valence-corrected chi connectivity index (χ0v) is 9.11. The summed E-state index contributed by atoms with van der Waals surface area (Å²) >= 11 is 0.937. The summed E-state index contributed by atoms with van der Waals surface area (Å²) in [6.45, 7) is 2.28. The smallest absolute Gasteiger partial charge is 0.252 e. The number of carbonyl (C=O) groups is 1. The van der Waals surface area contributed by atoms with E-state index in [0.717, 1.165) is 11.3 Å². The number of thiophene rings is 1. The molecule has 1 aromatic heterocycles. The highest BCUT2D eigenvalue weighted by Crippen LogP contribution is 2.18. The second-order valence-corrected chi connectivity index (χ2v) is 5.26. The third-order valence-electron chi connectivity index (χ3n) is 1.46. The Morgan fingerprint density at radius 2 is 2.29 bits per heavy atom. The third kappa shape index (κ3) is 2.53. The van der Waals surface area contributed by atoms with E-state index in [1.807, 2.05) is 0 Å². The van der Waals surface area contributed by atoms with Crippen LogP contribution in [0.2, 0.25) is 0 Å². The SMILES string of the molecule is CCNC(=O)c1csc(S(N)(=O)=O)c1. The molecule has 0 atom stereocenters. The van der Waals surface area contributed by atoms with Crippen molar-refractivity contribution in [2.24, 2.45) is 5.14 Å². The largest absolute Gasteiger partial charge is 0.352 e. The molecule has 1 rings (SSSR count). The lowest BCUT2D eigenvalue weighted by Gasteiger charge is -1.96. The molecule has 0 radical (unpaired) electrons. The maximum atomic E-state index is 11.2. The van der Waals surface area contributed by atoms with Crippen LogP contribution in [0.15, 0.2) is 15.7 Å². The number of hydrogen-bond acceptors (Lipinski definition) is 4. The number of amides is 1. The van der Waals surface area contributed by atoms with Gasteiger partial charge in [-0.15, -0.1) is 11.3 Å². The molecule has 78 valence electrons. The zero-order chi connectivity index (χ0) is 10.8. The Kier molecular flexibility index (Phi) is 3.25. The Labute approximate surface area is 86.0 Å². The lowest BCUT2D eigenvalue weighted by atomic mass is 10.3. The van der Waals surface area contributed by atoms with Gasteiger partial charge < -0.3 is 5.32 Å². The van der Waals surface area contributed by atoms with E-state index >= 15 is 0 Å². The van der Waals surface area contributed by atoms with Gasteiger partial charge in [-0.2, -0.15) is 0 Å². The molecule has 0 unspecified atom stereocenters. The fraction of sp³-hybridized carbons (Fsp3) is 0.286. The first kappa shape index (κ1) is 11.2. The van der Waals surface area contributed by atoms with Gasteiger partial charge in [-0.05, 0) is 13.0 Å². The zero-order valence-electron chi connectivity index (χ0n) is 7.48. The van der Waals surface area contributed by atoms with E-state index in [0.29, 0.717) is 12.1 Å². The monoisotopic (exact) mass is 234 g/mol. The molecule has 1 amide bonds. The van der Waals surface area contributed by atoms with Crippen molar-refractivity contribution in [2.75, 3.05) is 6.54 Å². The molecule has 0 saturated carbocycles. The number of rotatable bonds is 3. The topological polar surface area (TPSA) is 89.3 Å². The number of carbonyl (C=O) groups excluding carboxylic acids is 1. The Bertz CT molecular complexity index is 436. The maximum absolute atomic E-state index is 11.2. The summed E-state index contributed by atoms with van der Waals surface area (Å²) in [5.74, 6) is -0.293. The predicted molar refractivity (Wildman–Crippen MR) is 53.7 cm³/mol. The number of nitrogens with two attached hydrogens (primary N) is 1. The Morgan fingerprint density at radius 1 is 1.64 bits per heavy atom. The van der Waals surface area contributed by atoms with Gasteiger partial charge in [0.25, 0.3) is 5.91 Å². The molecule has 7 heteroatoms. The van der Waals surface area contributed by atoms with Crippen LogP contribution >= 0.6 is 11.3 Å². The first-order chi connectivity index (χ1) is 6.45. The van der Waals surface area contributed by atoms with Crippen molar-refractivity contribution >= 4 is 27.3 Å². The van der Waals surface area contributed by atoms with Crippen molar-refractivity contribution in [1.82, 2.24) is 5.32 Å². The summed E-state index contributed by atoms with van der Waals surface area (Å²) in [5.41, 5.74) is 0.320. The molecule has 0 fully saturated rings. The van der Waals surface area contributed by atoms with E-state index in [9.17, 15) is 13.2 Å². The standard InChI is InChI=1S/C7H10N2O3S2/c1-2-9-7(10)5-3-6(13-4-5)14(8,11)12/h3-4H,2H2,1H3,(H,9,10)(H2,8,11,12). The van der Waals surface area contributed by atoms with Crippen molar-refractivity contribution in [1.29, 1.82) is 0 Å². The van der Waals surface area contributed by atoms with Crippen LogP contribution in [-0.2, 0) is 10.0 Å². The molecule has 5 nitrogen and oxygen atoms in total. The molecule has 3 N–H and O–H groups in total. The minimum atomic E-state index is -3.69. The second kappa shape index (κ2) is 4.07. The summed E-state index contributed by atoms with van der Waals surface area (Å²) in [6, 6.07) is 1.27. The molecule has 0 aliphatic heterocycles. The van der Waals surface area contributed by atoms with E-state index in [1.165, 1.54) is 11.4 Å². The van der Waals surface area contributed by atoms with Gasteiger partial charge in [0, 0.05) is 11.9 Å². The number of nitrogens with one attached hydrogen (secondary N) is 1. The first-order valence-electron chi connectivity index (χ1n) is 3.84. The molecule has 1 aromatic rings. The fourth-order valence-electron chi connectivity index (χ4n) is 0.847. The van der Waals surface area contributed by atoms with Crippen LogP contribution in [0.4, 0.5) is 0 Å². The van der Waals surface area contributed by atoms with Crippen LogP contribution in [-0.4, -0.2) is 20.9 Å². The van der Waals surface area contributed by atoms with Crippen LogP contribution in [0.1, 0.15) is 17.3 Å². The van der Waals surface area contributed by atoms with Gasteiger partial charge in [0.1, 0.15) is 4.21 Å². The minimum absolute atomic E-state index is 0.00115. The summed E-state index contributed by atoms with van der Waals surface area (Å²) < 4.78 is 21.8. The summed E-state index contributed by atoms with van der Waals surface area (Å²) in [5, 5.41) is 8.92. The van der Waals surface area contributed by atoms with Crippen LogP contribution in [0, 0.1) is 0 Å². The molecule has 0 bridgehead atoms. The average Bonchev–Trinajstić information content (AvgIpc) is 2.51. The highest BCUT2D eigenvalue weighted by atomic mass is 32.2. The van der Waals surface area contributed by atoms with Crippen molar-refractivity contribution in [3.8, 4) is 0 Å². The lowest BCUT2D eigenvalue weighted by molar-refractivity contribution is 0.0956. The predicted octanol–water partition coefficient (Wildman–Crippen LogP) is 0.145. The number of hydrogen-bond donors (Lipinski definition) is 2. The third-order valence-corrected chi connectivity index (χ3v) is 3.84. The fourth-order valence-corrected chi connectivity index (χ4v) is 2.43. The number of sulfonamides is 1. The molecule has 0 spiro atoms. The second-order valence-electron chi connectivity index (χ2n) is 2.56. The molecule has 14 heavy (non-hydrogen) atoms. The van der Waals surface area contributed by atoms with Crippen molar-refractivity contribution in [3.05, 3.63) is 17.0 Å². The average molecular weight is 234 g/mol. The van der Waals surface area contributed by atoms with Gasteiger partial charge in [0.2, 0.25) is 10.0 Å². The molecule has 0 aliphatic carbocycles. The highest BCUT2D eigenvalue weighted by Gasteiger charge is 2.14. The quantitative estimate of drug-likeness (QED) is 0.779. The Hall–Kier alpha value is -0.920. The van der Waals surface area contributed by atoms with Crippen LogP contribution in [0.5, 0.6) is 0 Å². The Balaban J connectivity index is 2.94. The highest BCUT2D eigenvalue weighted by molar-refractivity contribution is 7.91. The summed E-state index contributed by atoms with van der Waals surface area (Å²) in [4.78, 5) is 11.2. The van der Waals surface area contributed by atoms with Crippen LogP contribution in [0.3, 0.4) is 0 Å². The molecular formula is C7H10N2O3S2. The summed E-state index contributed by atoms with van der Waals surface area (Å²) in [7, 11) is -3.69. The van der Waals surface area contributed by atoms with Crippen molar-refractivity contribution in [3.63, 3.8) is 0 Å². The van der Waals surface area contributed by atoms with E-state index in [-0.39, 0.29) is 10.1 Å². The van der Waals surface area contributed by atoms with Gasteiger partial charge >= 0.3 is 0 Å². The molecule has 0 aliphatic rings. The maximum Gasteiger partial charge on any atom is 0.252 e. The van der Waals surface area contributed by atoms with E-state index < -0.39 is 10.0 Å². The van der Waals surface area contributed by atoms with E-state index in [2.05, 4.69) is 5.32 Å². The van der Waals surface area contributed by atoms with Gasteiger partial charge in [-0.3, -0.25) is 4.79 Å². The Morgan fingerprint density at radius 3 is 2.71 bits per heavy atom. The molecule has 0 aromatic carbocycles. The molecule has 1 heterocycles. The normalized spacial score (nSPS) is 11.3. The van der Waals surface area contributed by atoms with Gasteiger partial charge in [-0.25, -0.2) is 13.6 Å². The first-order valence-corrected chi connectivity index (χ1v) is 6.27. The van der Waals surface area contributed by atoms with E-state index in [1.54, 1.807) is 6.92 Å². The van der Waals surface area contributed by atoms with Gasteiger partial charge in [0.15, 0.2) is 0 Å². The van der Waals surface area contributed by atoms with E-state index in [4.69, 9.17) is 5.14 Å². The van der Waals surface area contributed by atoms with Crippen molar-refractivity contribution in [2.45, 2.75) is 11.1 Å².